The summed E-state index contributed by atoms with van der Waals surface area (Å²) in [7, 11) is 0. The molecule has 1 aliphatic heterocycles. The van der Waals surface area contributed by atoms with Crippen molar-refractivity contribution in [3.8, 4) is 0 Å². The average Bonchev–Trinajstić information content (AvgIpc) is 2.40. The van der Waals surface area contributed by atoms with E-state index in [1.807, 2.05) is 30.0 Å². The number of aliphatic imine (C=N–C) groups is 1. The summed E-state index contributed by atoms with van der Waals surface area (Å²) in [6.45, 7) is 5.66. The molecule has 0 aromatic heterocycles. The maximum atomic E-state index is 5.97. The number of guanidine groups is 1. The van der Waals surface area contributed by atoms with Crippen LogP contribution in [0.4, 0.5) is 0 Å². The first kappa shape index (κ1) is 13.2. The van der Waals surface area contributed by atoms with Gasteiger partial charge in [-0.15, -0.1) is 0 Å². The van der Waals surface area contributed by atoms with Gasteiger partial charge in [0.2, 0.25) is 0 Å². The Hall–Kier alpha value is -1.26. The van der Waals surface area contributed by atoms with Gasteiger partial charge >= 0.3 is 0 Å². The maximum absolute atomic E-state index is 5.97. The van der Waals surface area contributed by atoms with Crippen LogP contribution in [0.3, 0.4) is 0 Å². The summed E-state index contributed by atoms with van der Waals surface area (Å²) in [5.41, 5.74) is 8.26. The van der Waals surface area contributed by atoms with Gasteiger partial charge in [0.15, 0.2) is 5.96 Å². The van der Waals surface area contributed by atoms with Gasteiger partial charge in [-0.2, -0.15) is 0 Å². The zero-order valence-electron chi connectivity index (χ0n) is 10.5. The first-order chi connectivity index (χ1) is 8.66. The molecule has 1 saturated heterocycles. The van der Waals surface area contributed by atoms with E-state index in [0.717, 1.165) is 23.7 Å². The van der Waals surface area contributed by atoms with Crippen LogP contribution in [0, 0.1) is 6.92 Å². The van der Waals surface area contributed by atoms with E-state index >= 15 is 0 Å². The number of halogens is 1. The summed E-state index contributed by atoms with van der Waals surface area (Å²) in [5, 5.41) is 0.732. The SMILES string of the molecule is Cc1ccc(Cl)cc1CN=C(N)N1CCOCC1. The van der Waals surface area contributed by atoms with Crippen molar-refractivity contribution in [3.63, 3.8) is 0 Å². The van der Waals surface area contributed by atoms with Gasteiger partial charge < -0.3 is 15.4 Å². The Morgan fingerprint density at radius 1 is 1.44 bits per heavy atom. The van der Waals surface area contributed by atoms with E-state index in [9.17, 15) is 0 Å². The largest absolute Gasteiger partial charge is 0.378 e. The van der Waals surface area contributed by atoms with E-state index in [1.165, 1.54) is 5.56 Å². The second-order valence-corrected chi connectivity index (χ2v) is 4.78. The van der Waals surface area contributed by atoms with E-state index in [2.05, 4.69) is 4.99 Å². The molecule has 0 amide bonds. The highest BCUT2D eigenvalue weighted by atomic mass is 35.5. The van der Waals surface area contributed by atoms with Crippen LogP contribution in [0.2, 0.25) is 5.02 Å². The second-order valence-electron chi connectivity index (χ2n) is 4.34. The van der Waals surface area contributed by atoms with Crippen LogP contribution < -0.4 is 5.73 Å². The molecule has 1 aromatic rings. The topological polar surface area (TPSA) is 50.8 Å². The summed E-state index contributed by atoms with van der Waals surface area (Å²) < 4.78 is 5.28. The fourth-order valence-corrected chi connectivity index (χ4v) is 2.06. The number of hydrogen-bond donors (Lipinski definition) is 1. The first-order valence-corrected chi connectivity index (χ1v) is 6.42. The Kier molecular flexibility index (Phi) is 4.44. The normalized spacial score (nSPS) is 17.0. The lowest BCUT2D eigenvalue weighted by atomic mass is 10.1. The molecule has 0 atom stereocenters. The molecule has 0 spiro atoms. The minimum atomic E-state index is 0.565. The lowest BCUT2D eigenvalue weighted by Crippen LogP contribution is -2.44. The zero-order chi connectivity index (χ0) is 13.0. The predicted molar refractivity (Wildman–Crippen MR) is 73.9 cm³/mol. The summed E-state index contributed by atoms with van der Waals surface area (Å²) in [4.78, 5) is 6.47. The number of morpholine rings is 1. The van der Waals surface area contributed by atoms with Crippen LogP contribution >= 0.6 is 11.6 Å². The van der Waals surface area contributed by atoms with Crippen LogP contribution in [0.5, 0.6) is 0 Å². The van der Waals surface area contributed by atoms with E-state index in [1.54, 1.807) is 0 Å². The van der Waals surface area contributed by atoms with E-state index in [0.29, 0.717) is 25.7 Å². The Morgan fingerprint density at radius 2 is 2.17 bits per heavy atom. The molecule has 1 aliphatic rings. The highest BCUT2D eigenvalue weighted by Crippen LogP contribution is 2.16. The number of nitrogens with two attached hydrogens (primary N) is 1. The molecule has 5 heteroatoms. The van der Waals surface area contributed by atoms with Crippen molar-refractivity contribution in [1.82, 2.24) is 4.90 Å². The Bertz CT molecular complexity index is 442. The third-order valence-corrected chi connectivity index (χ3v) is 3.29. The molecule has 0 saturated carbocycles. The third kappa shape index (κ3) is 3.37. The molecule has 0 radical (unpaired) electrons. The summed E-state index contributed by atoms with van der Waals surface area (Å²) in [6, 6.07) is 5.82. The molecule has 1 aromatic carbocycles. The molecule has 0 bridgehead atoms. The van der Waals surface area contributed by atoms with Crippen molar-refractivity contribution < 1.29 is 4.74 Å². The number of ether oxygens (including phenoxy) is 1. The molecular formula is C13H18ClN3O. The summed E-state index contributed by atoms with van der Waals surface area (Å²) in [6.07, 6.45) is 0. The van der Waals surface area contributed by atoms with E-state index < -0.39 is 0 Å². The Morgan fingerprint density at radius 3 is 2.89 bits per heavy atom. The van der Waals surface area contributed by atoms with Crippen molar-refractivity contribution in [1.29, 1.82) is 0 Å². The number of benzene rings is 1. The number of rotatable bonds is 2. The molecule has 0 aliphatic carbocycles. The van der Waals surface area contributed by atoms with Gasteiger partial charge in [-0.05, 0) is 30.2 Å². The van der Waals surface area contributed by atoms with Crippen LogP contribution in [0.1, 0.15) is 11.1 Å². The minimum Gasteiger partial charge on any atom is -0.378 e. The molecule has 98 valence electrons. The van der Waals surface area contributed by atoms with Crippen molar-refractivity contribution in [2.24, 2.45) is 10.7 Å². The standard InChI is InChI=1S/C13H18ClN3O/c1-10-2-3-12(14)8-11(10)9-16-13(15)17-4-6-18-7-5-17/h2-3,8H,4-7,9H2,1H3,(H2,15,16). The fraction of sp³-hybridized carbons (Fsp3) is 0.462. The maximum Gasteiger partial charge on any atom is 0.191 e. The van der Waals surface area contributed by atoms with Gasteiger partial charge in [-0.1, -0.05) is 17.7 Å². The molecule has 4 nitrogen and oxygen atoms in total. The van der Waals surface area contributed by atoms with Crippen LogP contribution in [0.15, 0.2) is 23.2 Å². The van der Waals surface area contributed by atoms with Gasteiger partial charge in [-0.25, -0.2) is 4.99 Å². The van der Waals surface area contributed by atoms with E-state index in [-0.39, 0.29) is 0 Å². The lowest BCUT2D eigenvalue weighted by molar-refractivity contribution is 0.0674. The monoisotopic (exact) mass is 267 g/mol. The summed E-state index contributed by atoms with van der Waals surface area (Å²) >= 11 is 5.97. The second kappa shape index (κ2) is 6.07. The molecule has 2 rings (SSSR count). The molecule has 2 N–H and O–H groups in total. The van der Waals surface area contributed by atoms with Gasteiger partial charge in [-0.3, -0.25) is 0 Å². The molecule has 0 unspecified atom stereocenters. The molecule has 1 fully saturated rings. The highest BCUT2D eigenvalue weighted by molar-refractivity contribution is 6.30. The lowest BCUT2D eigenvalue weighted by Gasteiger charge is -2.27. The predicted octanol–water partition coefficient (Wildman–Crippen LogP) is 1.80. The quantitative estimate of drug-likeness (QED) is 0.657. The van der Waals surface area contributed by atoms with Crippen molar-refractivity contribution in [2.45, 2.75) is 13.5 Å². The van der Waals surface area contributed by atoms with Crippen LogP contribution in [-0.2, 0) is 11.3 Å². The van der Waals surface area contributed by atoms with Gasteiger partial charge in [0.1, 0.15) is 0 Å². The molecule has 18 heavy (non-hydrogen) atoms. The average molecular weight is 268 g/mol. The minimum absolute atomic E-state index is 0.565. The zero-order valence-corrected chi connectivity index (χ0v) is 11.3. The van der Waals surface area contributed by atoms with Crippen molar-refractivity contribution in [2.75, 3.05) is 26.3 Å². The molecule has 1 heterocycles. The first-order valence-electron chi connectivity index (χ1n) is 6.04. The Balaban J connectivity index is 2.02. The summed E-state index contributed by atoms with van der Waals surface area (Å²) in [5.74, 6) is 0.581. The third-order valence-electron chi connectivity index (χ3n) is 3.06. The van der Waals surface area contributed by atoms with Crippen LogP contribution in [-0.4, -0.2) is 37.2 Å². The van der Waals surface area contributed by atoms with Gasteiger partial charge in [0.25, 0.3) is 0 Å². The highest BCUT2D eigenvalue weighted by Gasteiger charge is 2.12. The van der Waals surface area contributed by atoms with Gasteiger partial charge in [0.05, 0.1) is 19.8 Å². The smallest absolute Gasteiger partial charge is 0.191 e. The van der Waals surface area contributed by atoms with E-state index in [4.69, 9.17) is 22.1 Å². The van der Waals surface area contributed by atoms with Crippen molar-refractivity contribution in [3.05, 3.63) is 34.3 Å². The molecular weight excluding hydrogens is 250 g/mol. The number of hydrogen-bond acceptors (Lipinski definition) is 2. The van der Waals surface area contributed by atoms with Gasteiger partial charge in [0, 0.05) is 18.1 Å². The fourth-order valence-electron chi connectivity index (χ4n) is 1.87. The number of aryl methyl sites for hydroxylation is 1. The van der Waals surface area contributed by atoms with Crippen molar-refractivity contribution >= 4 is 17.6 Å². The number of nitrogens with zero attached hydrogens (tertiary/aromatic N) is 2. The Labute approximate surface area is 112 Å². The van der Waals surface area contributed by atoms with Crippen LogP contribution in [0.25, 0.3) is 0 Å².